The Morgan fingerprint density at radius 2 is 1.66 bits per heavy atom. The summed E-state index contributed by atoms with van der Waals surface area (Å²) in [6.07, 6.45) is 8.74. The lowest BCUT2D eigenvalue weighted by atomic mass is 10.1. The molecule has 1 fully saturated rings. The summed E-state index contributed by atoms with van der Waals surface area (Å²) in [4.78, 5) is 35.0. The summed E-state index contributed by atoms with van der Waals surface area (Å²) in [5.41, 5.74) is 4.37. The SMILES string of the molecule is CCOC(=O)/C=C/c1ccc(Nc2nc3ccc(C(=O)N(CCC(C)C)CCC(C)C)cc3n2CCCN2CCCC2)cc1. The summed E-state index contributed by atoms with van der Waals surface area (Å²) in [7, 11) is 0. The summed E-state index contributed by atoms with van der Waals surface area (Å²) in [6.45, 7) is 16.7. The molecule has 2 heterocycles. The number of nitrogens with one attached hydrogen (secondary N) is 1. The van der Waals surface area contributed by atoms with E-state index in [0.29, 0.717) is 18.4 Å². The number of ether oxygens (including phenoxy) is 1. The average molecular weight is 602 g/mol. The van der Waals surface area contributed by atoms with Gasteiger partial charge in [0.25, 0.3) is 5.91 Å². The van der Waals surface area contributed by atoms with Crippen molar-refractivity contribution in [2.75, 3.05) is 44.6 Å². The van der Waals surface area contributed by atoms with E-state index >= 15 is 0 Å². The zero-order chi connectivity index (χ0) is 31.5. The molecule has 0 atom stereocenters. The largest absolute Gasteiger partial charge is 0.463 e. The number of amides is 1. The van der Waals surface area contributed by atoms with Crippen molar-refractivity contribution in [1.82, 2.24) is 19.4 Å². The molecule has 0 bridgehead atoms. The van der Waals surface area contributed by atoms with E-state index in [0.717, 1.165) is 79.2 Å². The molecule has 2 aromatic carbocycles. The minimum atomic E-state index is -0.349. The van der Waals surface area contributed by atoms with E-state index in [9.17, 15) is 9.59 Å². The summed E-state index contributed by atoms with van der Waals surface area (Å²) < 4.78 is 7.20. The lowest BCUT2D eigenvalue weighted by Gasteiger charge is -2.25. The molecule has 0 aliphatic carbocycles. The Labute approximate surface area is 263 Å². The highest BCUT2D eigenvalue weighted by molar-refractivity contribution is 5.98. The van der Waals surface area contributed by atoms with Gasteiger partial charge in [-0.05, 0) is 112 Å². The molecule has 1 amide bonds. The van der Waals surface area contributed by atoms with Gasteiger partial charge >= 0.3 is 5.97 Å². The number of rotatable bonds is 16. The number of carbonyl (C=O) groups is 2. The molecule has 0 spiro atoms. The van der Waals surface area contributed by atoms with Crippen molar-refractivity contribution in [3.63, 3.8) is 0 Å². The maximum Gasteiger partial charge on any atom is 0.330 e. The van der Waals surface area contributed by atoms with Gasteiger partial charge < -0.3 is 24.4 Å². The Hall–Kier alpha value is -3.65. The van der Waals surface area contributed by atoms with Crippen molar-refractivity contribution in [3.8, 4) is 0 Å². The Morgan fingerprint density at radius 1 is 0.977 bits per heavy atom. The third kappa shape index (κ3) is 9.68. The van der Waals surface area contributed by atoms with E-state index in [4.69, 9.17) is 9.72 Å². The molecule has 0 unspecified atom stereocenters. The summed E-state index contributed by atoms with van der Waals surface area (Å²) in [5, 5.41) is 3.52. The number of anilines is 2. The Bertz CT molecular complexity index is 1370. The number of likely N-dealkylation sites (tertiary alicyclic amines) is 1. The second-order valence-corrected chi connectivity index (χ2v) is 12.7. The number of fused-ring (bicyclic) bond motifs is 1. The van der Waals surface area contributed by atoms with Crippen LogP contribution in [0, 0.1) is 11.8 Å². The fourth-order valence-corrected chi connectivity index (χ4v) is 5.52. The molecule has 1 aromatic heterocycles. The Balaban J connectivity index is 1.59. The molecule has 0 radical (unpaired) electrons. The van der Waals surface area contributed by atoms with Crippen LogP contribution in [0.3, 0.4) is 0 Å². The summed E-state index contributed by atoms with van der Waals surface area (Å²) >= 11 is 0. The molecule has 0 saturated carbocycles. The number of carbonyl (C=O) groups excluding carboxylic acids is 2. The van der Waals surface area contributed by atoms with Crippen LogP contribution >= 0.6 is 0 Å². The molecular formula is C36H51N5O3. The molecule has 4 rings (SSSR count). The van der Waals surface area contributed by atoms with Gasteiger partial charge in [0, 0.05) is 37.0 Å². The van der Waals surface area contributed by atoms with E-state index in [1.165, 1.54) is 32.0 Å². The van der Waals surface area contributed by atoms with E-state index in [2.05, 4.69) is 42.5 Å². The number of aryl methyl sites for hydroxylation is 1. The maximum absolute atomic E-state index is 13.8. The van der Waals surface area contributed by atoms with Crippen LogP contribution in [0.25, 0.3) is 17.1 Å². The van der Waals surface area contributed by atoms with Gasteiger partial charge in [-0.2, -0.15) is 0 Å². The molecule has 8 nitrogen and oxygen atoms in total. The zero-order valence-corrected chi connectivity index (χ0v) is 27.3. The first-order valence-electron chi connectivity index (χ1n) is 16.5. The Kier molecular flexibility index (Phi) is 12.4. The quantitative estimate of drug-likeness (QED) is 0.136. The van der Waals surface area contributed by atoms with Gasteiger partial charge in [-0.1, -0.05) is 39.8 Å². The highest BCUT2D eigenvalue weighted by Gasteiger charge is 2.20. The first-order valence-corrected chi connectivity index (χ1v) is 16.5. The second kappa shape index (κ2) is 16.4. The van der Waals surface area contributed by atoms with Crippen LogP contribution in [0.4, 0.5) is 11.6 Å². The van der Waals surface area contributed by atoms with E-state index < -0.39 is 0 Å². The summed E-state index contributed by atoms with van der Waals surface area (Å²) in [6, 6.07) is 13.8. The van der Waals surface area contributed by atoms with Crippen molar-refractivity contribution >= 4 is 40.6 Å². The first-order chi connectivity index (χ1) is 21.2. The molecule has 238 valence electrons. The smallest absolute Gasteiger partial charge is 0.330 e. The number of esters is 1. The van der Waals surface area contributed by atoms with Crippen LogP contribution in [-0.4, -0.2) is 70.6 Å². The number of aromatic nitrogens is 2. The fourth-order valence-electron chi connectivity index (χ4n) is 5.52. The minimum Gasteiger partial charge on any atom is -0.463 e. The monoisotopic (exact) mass is 601 g/mol. The first kappa shape index (κ1) is 33.2. The maximum atomic E-state index is 13.8. The number of benzene rings is 2. The third-order valence-electron chi connectivity index (χ3n) is 8.16. The third-order valence-corrected chi connectivity index (χ3v) is 8.16. The van der Waals surface area contributed by atoms with Crippen LogP contribution in [0.1, 0.15) is 82.6 Å². The van der Waals surface area contributed by atoms with E-state index in [-0.39, 0.29) is 11.9 Å². The average Bonchev–Trinajstić information content (AvgIpc) is 3.64. The molecule has 3 aromatic rings. The highest BCUT2D eigenvalue weighted by atomic mass is 16.5. The van der Waals surface area contributed by atoms with Gasteiger partial charge in [-0.15, -0.1) is 0 Å². The molecule has 1 aliphatic heterocycles. The van der Waals surface area contributed by atoms with Crippen LogP contribution in [0.2, 0.25) is 0 Å². The number of imidazole rings is 1. The van der Waals surface area contributed by atoms with Gasteiger partial charge in [0.05, 0.1) is 17.6 Å². The van der Waals surface area contributed by atoms with Crippen molar-refractivity contribution < 1.29 is 14.3 Å². The number of hydrogen-bond acceptors (Lipinski definition) is 6. The predicted octanol–water partition coefficient (Wildman–Crippen LogP) is 7.38. The number of hydrogen-bond donors (Lipinski definition) is 1. The van der Waals surface area contributed by atoms with Crippen molar-refractivity contribution in [3.05, 3.63) is 59.7 Å². The van der Waals surface area contributed by atoms with Gasteiger partial charge in [0.2, 0.25) is 5.95 Å². The van der Waals surface area contributed by atoms with Crippen molar-refractivity contribution in [1.29, 1.82) is 0 Å². The molecule has 1 aliphatic rings. The van der Waals surface area contributed by atoms with Crippen LogP contribution in [0.5, 0.6) is 0 Å². The zero-order valence-electron chi connectivity index (χ0n) is 27.3. The minimum absolute atomic E-state index is 0.0963. The van der Waals surface area contributed by atoms with Crippen LogP contribution in [-0.2, 0) is 16.1 Å². The van der Waals surface area contributed by atoms with Gasteiger partial charge in [0.1, 0.15) is 0 Å². The highest BCUT2D eigenvalue weighted by Crippen LogP contribution is 2.26. The molecule has 8 heteroatoms. The van der Waals surface area contributed by atoms with Crippen LogP contribution < -0.4 is 5.32 Å². The molecule has 1 saturated heterocycles. The van der Waals surface area contributed by atoms with Crippen molar-refractivity contribution in [2.24, 2.45) is 11.8 Å². The van der Waals surface area contributed by atoms with Crippen molar-refractivity contribution in [2.45, 2.75) is 73.3 Å². The molecule has 1 N–H and O–H groups in total. The lowest BCUT2D eigenvalue weighted by molar-refractivity contribution is -0.137. The summed E-state index contributed by atoms with van der Waals surface area (Å²) in [5.74, 6) is 1.59. The normalized spacial score (nSPS) is 13.9. The van der Waals surface area contributed by atoms with E-state index in [1.54, 1.807) is 13.0 Å². The van der Waals surface area contributed by atoms with Gasteiger partial charge in [-0.25, -0.2) is 9.78 Å². The lowest BCUT2D eigenvalue weighted by Crippen LogP contribution is -2.34. The Morgan fingerprint density at radius 3 is 2.30 bits per heavy atom. The fraction of sp³-hybridized carbons (Fsp3) is 0.528. The number of nitrogens with zero attached hydrogens (tertiary/aromatic N) is 4. The van der Waals surface area contributed by atoms with Gasteiger partial charge in [0.15, 0.2) is 0 Å². The molecule has 44 heavy (non-hydrogen) atoms. The standard InChI is InChI=1S/C36H51N5O3/c1-6-44-34(42)17-12-29-10-14-31(15-11-29)37-36-38-32-16-13-30(35(43)40(24-18-27(2)3)25-19-28(4)5)26-33(32)41(36)23-9-22-39-20-7-8-21-39/h10-17,26-28H,6-9,18-25H2,1-5H3,(H,37,38)/b17-12+. The second-order valence-electron chi connectivity index (χ2n) is 12.7. The predicted molar refractivity (Wildman–Crippen MR) is 180 cm³/mol. The van der Waals surface area contributed by atoms with Gasteiger partial charge in [-0.3, -0.25) is 4.79 Å². The van der Waals surface area contributed by atoms with Crippen LogP contribution in [0.15, 0.2) is 48.5 Å². The molecular weight excluding hydrogens is 550 g/mol. The topological polar surface area (TPSA) is 79.7 Å². The van der Waals surface area contributed by atoms with E-state index in [1.807, 2.05) is 47.4 Å².